The Bertz CT molecular complexity index is 278. The summed E-state index contributed by atoms with van der Waals surface area (Å²) in [6, 6.07) is 0. The summed E-state index contributed by atoms with van der Waals surface area (Å²) in [4.78, 5) is 4.39. The van der Waals surface area contributed by atoms with Gasteiger partial charge in [0.05, 0.1) is 6.54 Å². The highest BCUT2D eigenvalue weighted by molar-refractivity contribution is 4.91. The smallest absolute Gasteiger partial charge is 0.122 e. The summed E-state index contributed by atoms with van der Waals surface area (Å²) >= 11 is 0. The molecule has 1 N–H and O–H groups in total. The Balaban J connectivity index is 2.32. The SMILES string of the molecule is CCCCCn1ccnc1CNCC(C)C. The van der Waals surface area contributed by atoms with Crippen molar-refractivity contribution in [2.75, 3.05) is 6.54 Å². The Hall–Kier alpha value is -0.830. The minimum absolute atomic E-state index is 0.698. The van der Waals surface area contributed by atoms with Gasteiger partial charge in [-0.15, -0.1) is 0 Å². The highest BCUT2D eigenvalue weighted by Gasteiger charge is 2.02. The van der Waals surface area contributed by atoms with Crippen LogP contribution < -0.4 is 5.32 Å². The maximum Gasteiger partial charge on any atom is 0.122 e. The van der Waals surface area contributed by atoms with Gasteiger partial charge in [-0.2, -0.15) is 0 Å². The Labute approximate surface area is 99.3 Å². The Morgan fingerprint density at radius 1 is 1.38 bits per heavy atom. The van der Waals surface area contributed by atoms with Gasteiger partial charge in [-0.3, -0.25) is 0 Å². The fraction of sp³-hybridized carbons (Fsp3) is 0.769. The van der Waals surface area contributed by atoms with E-state index in [0.717, 1.165) is 25.5 Å². The standard InChI is InChI=1S/C13H25N3/c1-4-5-6-8-16-9-7-15-13(16)11-14-10-12(2)3/h7,9,12,14H,4-6,8,10-11H2,1-3H3. The number of unbranched alkanes of at least 4 members (excludes halogenated alkanes) is 2. The first kappa shape index (κ1) is 13.2. The molecule has 0 radical (unpaired) electrons. The minimum atomic E-state index is 0.698. The van der Waals surface area contributed by atoms with Gasteiger partial charge < -0.3 is 9.88 Å². The lowest BCUT2D eigenvalue weighted by atomic mass is 10.2. The van der Waals surface area contributed by atoms with Crippen LogP contribution in [0.4, 0.5) is 0 Å². The molecule has 3 heteroatoms. The van der Waals surface area contributed by atoms with E-state index < -0.39 is 0 Å². The van der Waals surface area contributed by atoms with Gasteiger partial charge in [-0.05, 0) is 18.9 Å². The molecule has 0 amide bonds. The maximum atomic E-state index is 4.39. The largest absolute Gasteiger partial charge is 0.334 e. The van der Waals surface area contributed by atoms with Crippen molar-refractivity contribution in [1.29, 1.82) is 0 Å². The second-order valence-electron chi connectivity index (χ2n) is 4.77. The lowest BCUT2D eigenvalue weighted by Gasteiger charge is -2.09. The van der Waals surface area contributed by atoms with Crippen molar-refractivity contribution in [2.45, 2.75) is 53.1 Å². The third-order valence-electron chi connectivity index (χ3n) is 2.64. The first-order valence-corrected chi connectivity index (χ1v) is 6.44. The quantitative estimate of drug-likeness (QED) is 0.687. The fourth-order valence-corrected chi connectivity index (χ4v) is 1.72. The minimum Gasteiger partial charge on any atom is -0.334 e. The second-order valence-corrected chi connectivity index (χ2v) is 4.77. The molecule has 0 atom stereocenters. The van der Waals surface area contributed by atoms with Crippen LogP contribution in [-0.4, -0.2) is 16.1 Å². The summed E-state index contributed by atoms with van der Waals surface area (Å²) < 4.78 is 2.27. The molecular formula is C13H25N3. The summed E-state index contributed by atoms with van der Waals surface area (Å²) in [5.74, 6) is 1.86. The molecule has 92 valence electrons. The molecule has 0 spiro atoms. The molecule has 1 aromatic heterocycles. The molecule has 0 bridgehead atoms. The van der Waals surface area contributed by atoms with Crippen LogP contribution in [0.15, 0.2) is 12.4 Å². The lowest BCUT2D eigenvalue weighted by molar-refractivity contribution is 0.517. The number of imidazole rings is 1. The van der Waals surface area contributed by atoms with Crippen LogP contribution in [0.3, 0.4) is 0 Å². The van der Waals surface area contributed by atoms with Gasteiger partial charge in [0.1, 0.15) is 5.82 Å². The molecule has 0 aliphatic heterocycles. The number of hydrogen-bond acceptors (Lipinski definition) is 2. The highest BCUT2D eigenvalue weighted by atomic mass is 15.1. The van der Waals surface area contributed by atoms with E-state index in [0.29, 0.717) is 5.92 Å². The van der Waals surface area contributed by atoms with Crippen LogP contribution in [0.25, 0.3) is 0 Å². The predicted molar refractivity (Wildman–Crippen MR) is 68.3 cm³/mol. The van der Waals surface area contributed by atoms with Gasteiger partial charge in [0.15, 0.2) is 0 Å². The second kappa shape index (κ2) is 7.44. The van der Waals surface area contributed by atoms with E-state index in [2.05, 4.69) is 41.8 Å². The molecule has 1 aromatic rings. The van der Waals surface area contributed by atoms with E-state index in [1.54, 1.807) is 0 Å². The topological polar surface area (TPSA) is 29.9 Å². The van der Waals surface area contributed by atoms with E-state index in [4.69, 9.17) is 0 Å². The highest BCUT2D eigenvalue weighted by Crippen LogP contribution is 2.03. The third kappa shape index (κ3) is 4.79. The summed E-state index contributed by atoms with van der Waals surface area (Å²) in [6.45, 7) is 9.73. The molecule has 0 unspecified atom stereocenters. The molecule has 0 aliphatic carbocycles. The van der Waals surface area contributed by atoms with Crippen molar-refractivity contribution in [2.24, 2.45) is 5.92 Å². The zero-order chi connectivity index (χ0) is 11.8. The van der Waals surface area contributed by atoms with Crippen LogP contribution in [0.1, 0.15) is 45.9 Å². The normalized spacial score (nSPS) is 11.2. The number of aryl methyl sites for hydroxylation is 1. The number of rotatable bonds is 8. The predicted octanol–water partition coefficient (Wildman–Crippen LogP) is 2.82. The van der Waals surface area contributed by atoms with Crippen LogP contribution in [0.5, 0.6) is 0 Å². The molecule has 0 fully saturated rings. The molecule has 0 saturated heterocycles. The molecule has 1 heterocycles. The average Bonchev–Trinajstić information content (AvgIpc) is 2.66. The lowest BCUT2D eigenvalue weighted by Crippen LogP contribution is -2.21. The van der Waals surface area contributed by atoms with Crippen LogP contribution >= 0.6 is 0 Å². The van der Waals surface area contributed by atoms with Crippen molar-refractivity contribution in [3.63, 3.8) is 0 Å². The number of hydrogen-bond donors (Lipinski definition) is 1. The monoisotopic (exact) mass is 223 g/mol. The van der Waals surface area contributed by atoms with Crippen molar-refractivity contribution in [3.8, 4) is 0 Å². The summed E-state index contributed by atoms with van der Waals surface area (Å²) in [6.07, 6.45) is 7.82. The fourth-order valence-electron chi connectivity index (χ4n) is 1.72. The Kier molecular flexibility index (Phi) is 6.16. The van der Waals surface area contributed by atoms with Crippen LogP contribution in [0.2, 0.25) is 0 Å². The van der Waals surface area contributed by atoms with Crippen molar-refractivity contribution in [1.82, 2.24) is 14.9 Å². The number of aromatic nitrogens is 2. The van der Waals surface area contributed by atoms with E-state index in [-0.39, 0.29) is 0 Å². The van der Waals surface area contributed by atoms with E-state index in [9.17, 15) is 0 Å². The van der Waals surface area contributed by atoms with E-state index in [1.807, 2.05) is 6.20 Å². The molecule has 3 nitrogen and oxygen atoms in total. The molecule has 0 aromatic carbocycles. The first-order valence-electron chi connectivity index (χ1n) is 6.44. The summed E-state index contributed by atoms with van der Waals surface area (Å²) in [7, 11) is 0. The van der Waals surface area contributed by atoms with Crippen molar-refractivity contribution < 1.29 is 0 Å². The number of nitrogens with zero attached hydrogens (tertiary/aromatic N) is 2. The molecule has 0 saturated carbocycles. The molecule has 16 heavy (non-hydrogen) atoms. The molecule has 0 aliphatic rings. The van der Waals surface area contributed by atoms with Crippen molar-refractivity contribution >= 4 is 0 Å². The van der Waals surface area contributed by atoms with Gasteiger partial charge in [0, 0.05) is 18.9 Å². The Morgan fingerprint density at radius 2 is 2.19 bits per heavy atom. The zero-order valence-corrected chi connectivity index (χ0v) is 10.9. The third-order valence-corrected chi connectivity index (χ3v) is 2.64. The van der Waals surface area contributed by atoms with Gasteiger partial charge >= 0.3 is 0 Å². The average molecular weight is 223 g/mol. The van der Waals surface area contributed by atoms with Crippen molar-refractivity contribution in [3.05, 3.63) is 18.2 Å². The number of nitrogens with one attached hydrogen (secondary N) is 1. The zero-order valence-electron chi connectivity index (χ0n) is 10.9. The van der Waals surface area contributed by atoms with E-state index >= 15 is 0 Å². The van der Waals surface area contributed by atoms with Crippen LogP contribution in [-0.2, 0) is 13.1 Å². The maximum absolute atomic E-state index is 4.39. The Morgan fingerprint density at radius 3 is 2.88 bits per heavy atom. The van der Waals surface area contributed by atoms with Gasteiger partial charge in [-0.25, -0.2) is 4.98 Å². The summed E-state index contributed by atoms with van der Waals surface area (Å²) in [5.41, 5.74) is 0. The van der Waals surface area contributed by atoms with Gasteiger partial charge in [0.2, 0.25) is 0 Å². The van der Waals surface area contributed by atoms with E-state index in [1.165, 1.54) is 19.3 Å². The van der Waals surface area contributed by atoms with Gasteiger partial charge in [-0.1, -0.05) is 33.6 Å². The summed E-state index contributed by atoms with van der Waals surface area (Å²) in [5, 5.41) is 3.43. The van der Waals surface area contributed by atoms with Crippen LogP contribution in [0, 0.1) is 5.92 Å². The van der Waals surface area contributed by atoms with Gasteiger partial charge in [0.25, 0.3) is 0 Å². The molecular weight excluding hydrogens is 198 g/mol. The first-order chi connectivity index (χ1) is 7.74. The molecule has 1 rings (SSSR count).